The van der Waals surface area contributed by atoms with Crippen LogP contribution >= 0.6 is 15.9 Å². The summed E-state index contributed by atoms with van der Waals surface area (Å²) in [5, 5.41) is 4.13. The highest BCUT2D eigenvalue weighted by Gasteiger charge is 2.12. The van der Waals surface area contributed by atoms with E-state index < -0.39 is 0 Å². The van der Waals surface area contributed by atoms with Gasteiger partial charge >= 0.3 is 0 Å². The van der Waals surface area contributed by atoms with Gasteiger partial charge in [-0.15, -0.1) is 0 Å². The minimum absolute atomic E-state index is 0.0351. The largest absolute Gasteiger partial charge is 0.384 e. The van der Waals surface area contributed by atoms with Crippen LogP contribution in [0, 0.1) is 5.92 Å². The molecule has 1 aromatic carbocycles. The first kappa shape index (κ1) is 15.1. The molecule has 0 fully saturated rings. The summed E-state index contributed by atoms with van der Waals surface area (Å²) >= 11 is 3.48. The maximum absolute atomic E-state index is 11.8. The molecule has 5 heteroatoms. The number of H-pyrrole nitrogens is 1. The first-order valence-electron chi connectivity index (χ1n) is 6.64. The van der Waals surface area contributed by atoms with Crippen LogP contribution in [0.4, 0.5) is 0 Å². The number of amides is 1. The number of hydrogen-bond donors (Lipinski definition) is 2. The lowest BCUT2D eigenvalue weighted by Crippen LogP contribution is -2.32. The van der Waals surface area contributed by atoms with Crippen LogP contribution in [-0.4, -0.2) is 31.2 Å². The number of carbonyl (C=O) groups excluding carboxylic acids is 1. The normalized spacial score (nSPS) is 12.6. The Morgan fingerprint density at radius 2 is 2.30 bits per heavy atom. The molecule has 2 aromatic rings. The van der Waals surface area contributed by atoms with Gasteiger partial charge < -0.3 is 15.0 Å². The first-order chi connectivity index (χ1) is 9.61. The molecule has 0 radical (unpaired) electrons. The molecule has 4 nitrogen and oxygen atoms in total. The van der Waals surface area contributed by atoms with Crippen LogP contribution in [-0.2, 0) is 16.0 Å². The number of nitrogens with one attached hydrogen (secondary N) is 2. The summed E-state index contributed by atoms with van der Waals surface area (Å²) in [6, 6.07) is 6.15. The van der Waals surface area contributed by atoms with Crippen LogP contribution in [0.5, 0.6) is 0 Å². The fourth-order valence-corrected chi connectivity index (χ4v) is 2.54. The van der Waals surface area contributed by atoms with Crippen LogP contribution in [0.25, 0.3) is 10.9 Å². The minimum Gasteiger partial charge on any atom is -0.384 e. The Hall–Kier alpha value is -1.33. The number of benzene rings is 1. The summed E-state index contributed by atoms with van der Waals surface area (Å²) in [6.45, 7) is 2.94. The molecule has 0 spiro atoms. The predicted octanol–water partition coefficient (Wildman–Crippen LogP) is 2.87. The summed E-state index contributed by atoms with van der Waals surface area (Å²) in [5.41, 5.74) is 2.32. The molecule has 0 aliphatic rings. The van der Waals surface area contributed by atoms with Gasteiger partial charge in [0.25, 0.3) is 0 Å². The van der Waals surface area contributed by atoms with Crippen LogP contribution in [0.3, 0.4) is 0 Å². The summed E-state index contributed by atoms with van der Waals surface area (Å²) in [5.74, 6) is -0.0787. The highest BCUT2D eigenvalue weighted by Crippen LogP contribution is 2.22. The van der Waals surface area contributed by atoms with Crippen LogP contribution in [0.15, 0.2) is 28.9 Å². The van der Waals surface area contributed by atoms with Gasteiger partial charge in [-0.25, -0.2) is 0 Å². The van der Waals surface area contributed by atoms with Crippen molar-refractivity contribution < 1.29 is 9.53 Å². The Bertz CT molecular complexity index is 595. The number of rotatable bonds is 6. The van der Waals surface area contributed by atoms with Gasteiger partial charge in [0.2, 0.25) is 5.91 Å². The molecule has 1 heterocycles. The highest BCUT2D eigenvalue weighted by molar-refractivity contribution is 9.10. The average molecular weight is 339 g/mol. The van der Waals surface area contributed by atoms with Gasteiger partial charge in [0.1, 0.15) is 0 Å². The lowest BCUT2D eigenvalue weighted by Gasteiger charge is -2.10. The lowest BCUT2D eigenvalue weighted by molar-refractivity contribution is -0.125. The van der Waals surface area contributed by atoms with E-state index in [2.05, 4.69) is 32.3 Å². The van der Waals surface area contributed by atoms with Gasteiger partial charge in [0, 0.05) is 35.2 Å². The van der Waals surface area contributed by atoms with E-state index in [-0.39, 0.29) is 11.8 Å². The van der Waals surface area contributed by atoms with Crippen molar-refractivity contribution in [3.63, 3.8) is 0 Å². The quantitative estimate of drug-likeness (QED) is 0.850. The molecule has 0 aliphatic heterocycles. The van der Waals surface area contributed by atoms with Gasteiger partial charge in [-0.2, -0.15) is 0 Å². The van der Waals surface area contributed by atoms with Gasteiger partial charge in [-0.3, -0.25) is 4.79 Å². The molecule has 0 bridgehead atoms. The van der Waals surface area contributed by atoms with Crippen LogP contribution in [0.1, 0.15) is 12.5 Å². The highest BCUT2D eigenvalue weighted by atomic mass is 79.9. The summed E-state index contributed by atoms with van der Waals surface area (Å²) in [7, 11) is 1.60. The molecule has 0 aliphatic carbocycles. The maximum atomic E-state index is 11.8. The van der Waals surface area contributed by atoms with Crippen molar-refractivity contribution in [2.24, 2.45) is 5.92 Å². The molecule has 0 saturated heterocycles. The minimum atomic E-state index is -0.114. The molecule has 0 saturated carbocycles. The van der Waals surface area contributed by atoms with Crippen molar-refractivity contribution in [3.05, 3.63) is 34.4 Å². The zero-order chi connectivity index (χ0) is 14.5. The zero-order valence-corrected chi connectivity index (χ0v) is 13.3. The summed E-state index contributed by atoms with van der Waals surface area (Å²) in [6.07, 6.45) is 2.81. The van der Waals surface area contributed by atoms with Gasteiger partial charge in [0.15, 0.2) is 0 Å². The molecule has 1 aromatic heterocycles. The monoisotopic (exact) mass is 338 g/mol. The molecule has 108 valence electrons. The third-order valence-electron chi connectivity index (χ3n) is 3.29. The Morgan fingerprint density at radius 1 is 1.50 bits per heavy atom. The number of aromatic nitrogens is 1. The topological polar surface area (TPSA) is 54.1 Å². The van der Waals surface area contributed by atoms with Gasteiger partial charge in [0.05, 0.1) is 12.5 Å². The van der Waals surface area contributed by atoms with Crippen LogP contribution in [0.2, 0.25) is 0 Å². The molecule has 0 unspecified atom stereocenters. The van der Waals surface area contributed by atoms with E-state index in [4.69, 9.17) is 4.74 Å². The number of hydrogen-bond acceptors (Lipinski definition) is 2. The molecular weight excluding hydrogens is 320 g/mol. The van der Waals surface area contributed by atoms with Crippen LogP contribution < -0.4 is 5.32 Å². The van der Waals surface area contributed by atoms with Crippen molar-refractivity contribution in [1.29, 1.82) is 0 Å². The molecule has 20 heavy (non-hydrogen) atoms. The smallest absolute Gasteiger partial charge is 0.225 e. The van der Waals surface area contributed by atoms with Crippen molar-refractivity contribution in [2.75, 3.05) is 20.3 Å². The van der Waals surface area contributed by atoms with Crippen molar-refractivity contribution in [3.8, 4) is 0 Å². The van der Waals surface area contributed by atoms with Crippen molar-refractivity contribution in [1.82, 2.24) is 10.3 Å². The number of halogens is 1. The molecular formula is C15H19BrN2O2. The van der Waals surface area contributed by atoms with E-state index in [1.807, 2.05) is 25.3 Å². The molecule has 1 amide bonds. The number of carbonyl (C=O) groups is 1. The van der Waals surface area contributed by atoms with Gasteiger partial charge in [-0.05, 0) is 30.2 Å². The van der Waals surface area contributed by atoms with E-state index in [0.29, 0.717) is 13.2 Å². The van der Waals surface area contributed by atoms with Crippen molar-refractivity contribution in [2.45, 2.75) is 13.3 Å². The Balaban J connectivity index is 1.93. The predicted molar refractivity (Wildman–Crippen MR) is 83.8 cm³/mol. The summed E-state index contributed by atoms with van der Waals surface area (Å²) in [4.78, 5) is 15.0. The van der Waals surface area contributed by atoms with E-state index in [9.17, 15) is 4.79 Å². The lowest BCUT2D eigenvalue weighted by atomic mass is 10.1. The Morgan fingerprint density at radius 3 is 3.05 bits per heavy atom. The van der Waals surface area contributed by atoms with E-state index in [1.54, 1.807) is 7.11 Å². The first-order valence-corrected chi connectivity index (χ1v) is 7.43. The van der Waals surface area contributed by atoms with E-state index >= 15 is 0 Å². The molecule has 2 rings (SSSR count). The fourth-order valence-electron chi connectivity index (χ4n) is 2.18. The molecule has 1 atom stereocenters. The number of fused-ring (bicyclic) bond motifs is 1. The van der Waals surface area contributed by atoms with Crippen molar-refractivity contribution >= 4 is 32.7 Å². The summed E-state index contributed by atoms with van der Waals surface area (Å²) < 4.78 is 6.04. The maximum Gasteiger partial charge on any atom is 0.225 e. The zero-order valence-electron chi connectivity index (χ0n) is 11.7. The standard InChI is InChI=1S/C15H19BrN2O2/c1-10(9-20-2)15(19)17-6-5-11-8-18-14-4-3-12(16)7-13(11)14/h3-4,7-8,10,18H,5-6,9H2,1-2H3,(H,17,19)/t10-/m1/s1. The fraction of sp³-hybridized carbons (Fsp3) is 0.400. The number of aromatic amines is 1. The SMILES string of the molecule is COC[C@@H](C)C(=O)NCCc1c[nH]c2ccc(Br)cc12. The second kappa shape index (κ2) is 6.90. The van der Waals surface area contributed by atoms with Gasteiger partial charge in [-0.1, -0.05) is 22.9 Å². The van der Waals surface area contributed by atoms with E-state index in [1.165, 1.54) is 10.9 Å². The Labute approximate surface area is 127 Å². The second-order valence-electron chi connectivity index (χ2n) is 4.90. The average Bonchev–Trinajstić information content (AvgIpc) is 2.81. The number of methoxy groups -OCH3 is 1. The second-order valence-corrected chi connectivity index (χ2v) is 5.82. The van der Waals surface area contributed by atoms with E-state index in [0.717, 1.165) is 16.4 Å². The Kier molecular flexibility index (Phi) is 5.20. The third kappa shape index (κ3) is 3.61. The number of ether oxygens (including phenoxy) is 1. The molecule has 2 N–H and O–H groups in total. The third-order valence-corrected chi connectivity index (χ3v) is 3.78.